The molecule has 11 heteroatoms. The number of para-hydroxylation sites is 4. The van der Waals surface area contributed by atoms with E-state index in [1.807, 2.05) is 110 Å². The molecule has 0 spiro atoms. The maximum Gasteiger partial charge on any atom is 0.137 e. The van der Waals surface area contributed by atoms with Gasteiger partial charge in [0.05, 0.1) is 49.8 Å². The van der Waals surface area contributed by atoms with Gasteiger partial charge in [-0.3, -0.25) is 18.3 Å². The lowest BCUT2D eigenvalue weighted by Crippen LogP contribution is -2.12. The summed E-state index contributed by atoms with van der Waals surface area (Å²) in [5, 5.41) is 14.8. The van der Waals surface area contributed by atoms with E-state index in [9.17, 15) is 5.11 Å². The van der Waals surface area contributed by atoms with Gasteiger partial charge in [0.25, 0.3) is 0 Å². The largest absolute Gasteiger partial charge is 0.508 e. The van der Waals surface area contributed by atoms with E-state index >= 15 is 0 Å². The molecule has 0 aliphatic heterocycles. The van der Waals surface area contributed by atoms with Crippen LogP contribution in [0.2, 0.25) is 0 Å². The highest BCUT2D eigenvalue weighted by Crippen LogP contribution is 2.40. The van der Waals surface area contributed by atoms with Crippen molar-refractivity contribution in [2.75, 3.05) is 0 Å². The van der Waals surface area contributed by atoms with E-state index in [0.717, 1.165) is 99.3 Å². The smallest absolute Gasteiger partial charge is 0.137 e. The van der Waals surface area contributed by atoms with E-state index in [4.69, 9.17) is 9.72 Å². The Morgan fingerprint density at radius 1 is 0.352 bits per heavy atom. The number of nitrogens with zero attached hydrogens (tertiary/aromatic N) is 8. The number of ether oxygens (including phenoxy) is 1. The lowest BCUT2D eigenvalue weighted by Gasteiger charge is -2.20. The Balaban J connectivity index is 0.000000134. The molecule has 0 radical (unpaired) electrons. The first-order valence-electron chi connectivity index (χ1n) is 30.5. The third-order valence-corrected chi connectivity index (χ3v) is 17.2. The van der Waals surface area contributed by atoms with E-state index in [2.05, 4.69) is 254 Å². The summed E-state index contributed by atoms with van der Waals surface area (Å²) in [6.45, 7) is 13.3. The summed E-state index contributed by atoms with van der Waals surface area (Å²) in [7, 11) is 0. The second kappa shape index (κ2) is 23.9. The number of imidazole rings is 2. The van der Waals surface area contributed by atoms with Crippen LogP contribution in [-0.4, -0.2) is 43.3 Å². The number of benzene rings is 10. The zero-order valence-corrected chi connectivity index (χ0v) is 53.0. The van der Waals surface area contributed by atoms with Crippen molar-refractivity contribution in [2.24, 2.45) is 0 Å². The monoisotopic (exact) mass is 1250 g/mol. The summed E-state index contributed by atoms with van der Waals surface area (Å²) in [6, 6.07) is 87.2. The molecule has 16 rings (SSSR count). The van der Waals surface area contributed by atoms with E-state index in [-0.39, 0.29) is 16.6 Å². The van der Waals surface area contributed by atoms with Gasteiger partial charge in [0.1, 0.15) is 41.5 Å². The molecule has 0 atom stereocenters. The number of hydrogen-bond donors (Lipinski definition) is 1. The van der Waals surface area contributed by atoms with Gasteiger partial charge in [-0.05, 0) is 172 Å². The number of aromatic hydroxyl groups is 1. The Labute approximate surface area is 536 Å². The number of phenolic OH excluding ortho intramolecular Hbond substituents is 1. The van der Waals surface area contributed by atoms with Crippen molar-refractivity contribution < 1.29 is 9.84 Å². The molecule has 0 aliphatic carbocycles. The molecular formula is C80H65BrN8O2. The van der Waals surface area contributed by atoms with E-state index < -0.39 is 0 Å². The number of rotatable bonds is 8. The Bertz CT molecular complexity index is 5340. The summed E-state index contributed by atoms with van der Waals surface area (Å²) < 4.78 is 16.2. The van der Waals surface area contributed by atoms with Crippen molar-refractivity contribution in [3.8, 4) is 62.5 Å². The first-order chi connectivity index (χ1) is 44.2. The fourth-order valence-electron chi connectivity index (χ4n) is 12.0. The second-order valence-electron chi connectivity index (χ2n) is 24.8. The molecule has 10 aromatic carbocycles. The Kier molecular flexibility index (Phi) is 15.2. The van der Waals surface area contributed by atoms with Crippen molar-refractivity contribution in [2.45, 2.75) is 52.4 Å². The molecule has 91 heavy (non-hydrogen) atoms. The van der Waals surface area contributed by atoms with Crippen LogP contribution in [0.15, 0.2) is 284 Å². The summed E-state index contributed by atoms with van der Waals surface area (Å²) in [4.78, 5) is 18.5. The molecule has 444 valence electrons. The molecule has 0 saturated heterocycles. The number of phenols is 1. The number of halogens is 1. The van der Waals surface area contributed by atoms with Crippen molar-refractivity contribution >= 4 is 81.6 Å². The second-order valence-corrected chi connectivity index (χ2v) is 25.8. The quantitative estimate of drug-likeness (QED) is 0.163. The van der Waals surface area contributed by atoms with Gasteiger partial charge < -0.3 is 9.84 Å². The van der Waals surface area contributed by atoms with E-state index in [1.165, 1.54) is 38.8 Å². The minimum Gasteiger partial charge on any atom is -0.508 e. The summed E-state index contributed by atoms with van der Waals surface area (Å²) >= 11 is 3.48. The molecule has 6 aromatic heterocycles. The molecule has 0 bridgehead atoms. The maximum atomic E-state index is 10.2. The standard InChI is InChI=1S/C40H32N4O.C27H24N2O.C13H9BrN2/c1-40(2,3)29-20-21-41-39(23-29)44-36-19-16-28(27-10-5-4-6-11-27)22-34(36)33-18-17-32(25-38(33)44)45-31-13-9-12-30(24-31)43-26-42-35-14-7-8-15-37(35)43;1-27(2,3)20-13-14-28-26(16-20)29-24-12-9-19(18-7-5-4-6-8-18)15-23(24)22-11-10-21(30)17-25(22)29;14-10-4-3-5-11(8-10)16-9-15-12-6-1-2-7-13(12)16/h4-26H,1-3H3;4-17,30H,1-3H3;1-9H. The number of hydrogen-bond acceptors (Lipinski definition) is 6. The van der Waals surface area contributed by atoms with E-state index in [0.29, 0.717) is 0 Å². The minimum atomic E-state index is -0.00319. The predicted octanol–water partition coefficient (Wildman–Crippen LogP) is 20.9. The normalized spacial score (nSPS) is 11.7. The van der Waals surface area contributed by atoms with Crippen LogP contribution in [0.25, 0.3) is 111 Å². The van der Waals surface area contributed by atoms with Gasteiger partial charge in [0.15, 0.2) is 0 Å². The van der Waals surface area contributed by atoms with Gasteiger partial charge >= 0.3 is 0 Å². The van der Waals surface area contributed by atoms with Crippen LogP contribution in [0, 0.1) is 0 Å². The average Bonchev–Trinajstić information content (AvgIpc) is 1.67. The van der Waals surface area contributed by atoms with Gasteiger partial charge in [0.2, 0.25) is 0 Å². The molecule has 0 aliphatic rings. The lowest BCUT2D eigenvalue weighted by atomic mass is 9.88. The van der Waals surface area contributed by atoms with Gasteiger partial charge in [-0.2, -0.15) is 0 Å². The van der Waals surface area contributed by atoms with Crippen LogP contribution in [-0.2, 0) is 10.8 Å². The van der Waals surface area contributed by atoms with Crippen molar-refractivity contribution in [1.82, 2.24) is 38.2 Å². The van der Waals surface area contributed by atoms with Gasteiger partial charge in [-0.25, -0.2) is 19.9 Å². The predicted molar refractivity (Wildman–Crippen MR) is 377 cm³/mol. The molecule has 0 saturated carbocycles. The van der Waals surface area contributed by atoms with Crippen LogP contribution in [0.3, 0.4) is 0 Å². The topological polar surface area (TPSA) is 101 Å². The highest BCUT2D eigenvalue weighted by Gasteiger charge is 2.21. The zero-order chi connectivity index (χ0) is 62.4. The molecule has 6 heterocycles. The van der Waals surface area contributed by atoms with Gasteiger partial charge in [-0.1, -0.05) is 167 Å². The molecule has 10 nitrogen and oxygen atoms in total. The number of fused-ring (bicyclic) bond motifs is 8. The lowest BCUT2D eigenvalue weighted by molar-refractivity contribution is 0.476. The fraction of sp³-hybridized carbons (Fsp3) is 0.100. The molecule has 0 fully saturated rings. The summed E-state index contributed by atoms with van der Waals surface area (Å²) in [6.07, 6.45) is 7.50. The highest BCUT2D eigenvalue weighted by molar-refractivity contribution is 9.10. The number of pyridine rings is 2. The fourth-order valence-corrected chi connectivity index (χ4v) is 12.4. The van der Waals surface area contributed by atoms with E-state index in [1.54, 1.807) is 6.07 Å². The van der Waals surface area contributed by atoms with Crippen molar-refractivity contribution in [1.29, 1.82) is 0 Å². The van der Waals surface area contributed by atoms with Crippen LogP contribution in [0.1, 0.15) is 52.7 Å². The minimum absolute atomic E-state index is 0.00319. The SMILES string of the molecule is Brc1cccc(-n2cnc3ccccc32)c1.CC(C)(C)c1ccnc(-n2c3ccc(-c4ccccc4)cc3c3ccc(O)cc32)c1.CC(C)(C)c1ccnc(-n2c3ccc(-c4ccccc4)cc3c3ccc(Oc4cccc(-n5cnc6ccccc65)c4)cc32)c1. The summed E-state index contributed by atoms with van der Waals surface area (Å²) in [5.41, 5.74) is 17.7. The zero-order valence-electron chi connectivity index (χ0n) is 51.4. The molecule has 1 N–H and O–H groups in total. The third-order valence-electron chi connectivity index (χ3n) is 16.7. The Morgan fingerprint density at radius 2 is 0.824 bits per heavy atom. The first-order valence-corrected chi connectivity index (χ1v) is 31.3. The van der Waals surface area contributed by atoms with Crippen LogP contribution < -0.4 is 4.74 Å². The molecule has 0 unspecified atom stereocenters. The Hall–Kier alpha value is -10.9. The van der Waals surface area contributed by atoms with Crippen LogP contribution >= 0.6 is 15.9 Å². The van der Waals surface area contributed by atoms with Gasteiger partial charge in [-0.15, -0.1) is 0 Å². The van der Waals surface area contributed by atoms with Crippen LogP contribution in [0.4, 0.5) is 0 Å². The highest BCUT2D eigenvalue weighted by atomic mass is 79.9. The number of aromatic nitrogens is 8. The maximum absolute atomic E-state index is 10.2. The van der Waals surface area contributed by atoms with Gasteiger partial charge in [0, 0.05) is 62.3 Å². The van der Waals surface area contributed by atoms with Crippen molar-refractivity contribution in [3.63, 3.8) is 0 Å². The molecular weight excluding hydrogens is 1180 g/mol. The molecule has 16 aromatic rings. The van der Waals surface area contributed by atoms with Crippen LogP contribution in [0.5, 0.6) is 17.2 Å². The third kappa shape index (κ3) is 11.6. The Morgan fingerprint density at radius 3 is 1.35 bits per heavy atom. The molecule has 0 amide bonds. The van der Waals surface area contributed by atoms with Crippen molar-refractivity contribution in [3.05, 3.63) is 295 Å². The average molecular weight is 1250 g/mol. The summed E-state index contributed by atoms with van der Waals surface area (Å²) in [5.74, 6) is 3.52. The first kappa shape index (κ1) is 57.8.